The molecule has 21 heavy (non-hydrogen) atoms. The molecule has 1 aromatic carbocycles. The fourth-order valence-corrected chi connectivity index (χ4v) is 3.49. The second kappa shape index (κ2) is 7.64. The van der Waals surface area contributed by atoms with Crippen molar-refractivity contribution in [1.82, 2.24) is 5.32 Å². The lowest BCUT2D eigenvalue weighted by molar-refractivity contribution is 0.0947. The van der Waals surface area contributed by atoms with Crippen LogP contribution in [0.15, 0.2) is 12.1 Å². The second-order valence-electron chi connectivity index (χ2n) is 5.18. The Morgan fingerprint density at radius 1 is 1.38 bits per heavy atom. The van der Waals surface area contributed by atoms with Gasteiger partial charge in [0, 0.05) is 18.7 Å². The summed E-state index contributed by atoms with van der Waals surface area (Å²) < 4.78 is 27.7. The molecule has 1 saturated heterocycles. The van der Waals surface area contributed by atoms with E-state index >= 15 is 0 Å². The summed E-state index contributed by atoms with van der Waals surface area (Å²) in [4.78, 5) is 12.0. The smallest absolute Gasteiger partial charge is 0.251 e. The van der Waals surface area contributed by atoms with Crippen LogP contribution in [0, 0.1) is 17.6 Å². The van der Waals surface area contributed by atoms with Gasteiger partial charge >= 0.3 is 0 Å². The molecule has 6 heteroatoms. The zero-order valence-corrected chi connectivity index (χ0v) is 12.9. The molecule has 1 aliphatic rings. The van der Waals surface area contributed by atoms with Crippen LogP contribution in [0.1, 0.15) is 30.1 Å². The number of hydrogen-bond donors (Lipinski definition) is 2. The molecule has 1 heterocycles. The van der Waals surface area contributed by atoms with Crippen molar-refractivity contribution in [3.8, 4) is 0 Å². The zero-order chi connectivity index (χ0) is 15.2. The minimum Gasteiger partial charge on any atom is -0.380 e. The molecule has 3 nitrogen and oxygen atoms in total. The number of nitrogens with one attached hydrogen (secondary N) is 2. The summed E-state index contributed by atoms with van der Waals surface area (Å²) in [5.41, 5.74) is -0.140. The van der Waals surface area contributed by atoms with Crippen LogP contribution in [-0.2, 0) is 0 Å². The van der Waals surface area contributed by atoms with E-state index in [0.29, 0.717) is 19.0 Å². The Balaban J connectivity index is 2.00. The lowest BCUT2D eigenvalue weighted by Crippen LogP contribution is -2.29. The Labute approximate surface area is 127 Å². The first-order valence-electron chi connectivity index (χ1n) is 7.20. The predicted octanol–water partition coefficient (Wildman–Crippen LogP) is 3.27. The number of benzene rings is 1. The number of amides is 1. The Hall–Kier alpha value is -1.30. The number of thioether (sulfide) groups is 1. The highest BCUT2D eigenvalue weighted by Crippen LogP contribution is 2.23. The van der Waals surface area contributed by atoms with E-state index < -0.39 is 17.5 Å². The molecule has 2 N–H and O–H groups in total. The summed E-state index contributed by atoms with van der Waals surface area (Å²) in [6.07, 6.45) is 1.84. The largest absolute Gasteiger partial charge is 0.380 e. The monoisotopic (exact) mass is 314 g/mol. The summed E-state index contributed by atoms with van der Waals surface area (Å²) in [6.45, 7) is 2.95. The molecule has 0 spiro atoms. The van der Waals surface area contributed by atoms with Crippen molar-refractivity contribution in [2.24, 2.45) is 5.92 Å². The van der Waals surface area contributed by atoms with E-state index in [1.165, 1.54) is 0 Å². The summed E-state index contributed by atoms with van der Waals surface area (Å²) in [5, 5.41) is 5.44. The highest BCUT2D eigenvalue weighted by Gasteiger charge is 2.18. The Morgan fingerprint density at radius 3 is 2.67 bits per heavy atom. The minimum atomic E-state index is -0.731. The maximum atomic E-state index is 13.8. The number of carbonyl (C=O) groups excluding carboxylic acids is 1. The molecule has 0 aromatic heterocycles. The topological polar surface area (TPSA) is 41.1 Å². The van der Waals surface area contributed by atoms with Crippen molar-refractivity contribution >= 4 is 23.4 Å². The summed E-state index contributed by atoms with van der Waals surface area (Å²) >= 11 is 1.86. The van der Waals surface area contributed by atoms with Gasteiger partial charge in [-0.15, -0.1) is 0 Å². The van der Waals surface area contributed by atoms with Crippen LogP contribution in [-0.4, -0.2) is 30.5 Å². The first kappa shape index (κ1) is 16.1. The van der Waals surface area contributed by atoms with Crippen LogP contribution in [0.3, 0.4) is 0 Å². The highest BCUT2D eigenvalue weighted by molar-refractivity contribution is 7.99. The fourth-order valence-electron chi connectivity index (χ4n) is 2.21. The third-order valence-corrected chi connectivity index (χ3v) is 4.66. The van der Waals surface area contributed by atoms with Gasteiger partial charge in [0.2, 0.25) is 0 Å². The quantitative estimate of drug-likeness (QED) is 0.847. The molecule has 1 aliphatic heterocycles. The van der Waals surface area contributed by atoms with Gasteiger partial charge in [-0.05, 0) is 42.4 Å². The van der Waals surface area contributed by atoms with Gasteiger partial charge in [0.15, 0.2) is 0 Å². The molecule has 1 aromatic rings. The average molecular weight is 314 g/mol. The second-order valence-corrected chi connectivity index (χ2v) is 6.33. The third kappa shape index (κ3) is 4.33. The van der Waals surface area contributed by atoms with Crippen LogP contribution in [0.5, 0.6) is 0 Å². The van der Waals surface area contributed by atoms with Gasteiger partial charge < -0.3 is 10.6 Å². The fraction of sp³-hybridized carbons (Fsp3) is 0.533. The molecular formula is C15H20F2N2OS. The van der Waals surface area contributed by atoms with Gasteiger partial charge in [-0.2, -0.15) is 11.8 Å². The van der Waals surface area contributed by atoms with Gasteiger partial charge in [-0.25, -0.2) is 8.78 Å². The van der Waals surface area contributed by atoms with Gasteiger partial charge in [-0.1, -0.05) is 6.92 Å². The molecule has 0 aliphatic carbocycles. The highest BCUT2D eigenvalue weighted by atomic mass is 32.2. The van der Waals surface area contributed by atoms with Crippen LogP contribution < -0.4 is 10.6 Å². The van der Waals surface area contributed by atoms with E-state index in [1.807, 2.05) is 18.7 Å². The normalized spacial score (nSPS) is 17.8. The standard InChI is InChI=1S/C15H20F2N2OS/c1-2-4-18-14-12(16)6-11(7-13(14)17)15(20)19-8-10-3-5-21-9-10/h6-7,10,18H,2-5,8-9H2,1H3,(H,19,20). The molecule has 0 bridgehead atoms. The number of anilines is 1. The Morgan fingerprint density at radius 2 is 2.10 bits per heavy atom. The average Bonchev–Trinajstić information content (AvgIpc) is 2.97. The Bertz CT molecular complexity index is 481. The van der Waals surface area contributed by atoms with E-state index in [9.17, 15) is 13.6 Å². The molecule has 116 valence electrons. The summed E-state index contributed by atoms with van der Waals surface area (Å²) in [6, 6.07) is 2.17. The van der Waals surface area contributed by atoms with Gasteiger partial charge in [0.05, 0.1) is 0 Å². The van der Waals surface area contributed by atoms with E-state index in [2.05, 4.69) is 10.6 Å². The summed E-state index contributed by atoms with van der Waals surface area (Å²) in [7, 11) is 0. The van der Waals surface area contributed by atoms with Crippen LogP contribution >= 0.6 is 11.8 Å². The van der Waals surface area contributed by atoms with Crippen molar-refractivity contribution in [3.05, 3.63) is 29.3 Å². The van der Waals surface area contributed by atoms with Crippen molar-refractivity contribution < 1.29 is 13.6 Å². The first-order valence-corrected chi connectivity index (χ1v) is 8.36. The van der Waals surface area contributed by atoms with E-state index in [1.54, 1.807) is 0 Å². The third-order valence-electron chi connectivity index (χ3n) is 3.43. The van der Waals surface area contributed by atoms with Crippen LogP contribution in [0.25, 0.3) is 0 Å². The molecule has 0 saturated carbocycles. The molecule has 1 amide bonds. The maximum absolute atomic E-state index is 13.8. The van der Waals surface area contributed by atoms with Crippen molar-refractivity contribution in [2.75, 3.05) is 29.9 Å². The molecule has 1 atom stereocenters. The summed E-state index contributed by atoms with van der Waals surface area (Å²) in [5.74, 6) is 0.714. The number of rotatable bonds is 6. The van der Waals surface area contributed by atoms with Crippen molar-refractivity contribution in [1.29, 1.82) is 0 Å². The number of hydrogen-bond acceptors (Lipinski definition) is 3. The Kier molecular flexibility index (Phi) is 5.85. The predicted molar refractivity (Wildman–Crippen MR) is 82.9 cm³/mol. The van der Waals surface area contributed by atoms with Gasteiger partial charge in [0.1, 0.15) is 17.3 Å². The van der Waals surface area contributed by atoms with Crippen LogP contribution in [0.4, 0.5) is 14.5 Å². The molecule has 0 radical (unpaired) electrons. The molecule has 1 unspecified atom stereocenters. The van der Waals surface area contributed by atoms with E-state index in [4.69, 9.17) is 0 Å². The van der Waals surface area contributed by atoms with Gasteiger partial charge in [-0.3, -0.25) is 4.79 Å². The number of carbonyl (C=O) groups is 1. The SMILES string of the molecule is CCCNc1c(F)cc(C(=O)NCC2CCSC2)cc1F. The lowest BCUT2D eigenvalue weighted by Gasteiger charge is -2.12. The van der Waals surface area contributed by atoms with E-state index in [0.717, 1.165) is 36.5 Å². The molecular weight excluding hydrogens is 294 g/mol. The van der Waals surface area contributed by atoms with Gasteiger partial charge in [0.25, 0.3) is 5.91 Å². The molecule has 1 fully saturated rings. The van der Waals surface area contributed by atoms with Crippen LogP contribution in [0.2, 0.25) is 0 Å². The number of halogens is 2. The minimum absolute atomic E-state index is 0.0256. The maximum Gasteiger partial charge on any atom is 0.251 e. The molecule has 2 rings (SSSR count). The first-order chi connectivity index (χ1) is 10.1. The van der Waals surface area contributed by atoms with Crippen molar-refractivity contribution in [2.45, 2.75) is 19.8 Å². The van der Waals surface area contributed by atoms with E-state index in [-0.39, 0.29) is 11.3 Å². The van der Waals surface area contributed by atoms with Crippen molar-refractivity contribution in [3.63, 3.8) is 0 Å². The zero-order valence-electron chi connectivity index (χ0n) is 12.0. The lowest BCUT2D eigenvalue weighted by atomic mass is 10.1.